The number of nitriles is 1. The van der Waals surface area contributed by atoms with Gasteiger partial charge in [0.15, 0.2) is 5.69 Å². The highest BCUT2D eigenvalue weighted by Crippen LogP contribution is 2.44. The number of aromatic nitrogens is 2. The maximum Gasteiger partial charge on any atom is 0.417 e. The molecule has 0 saturated heterocycles. The van der Waals surface area contributed by atoms with Gasteiger partial charge in [-0.3, -0.25) is 0 Å². The molecule has 1 aromatic carbocycles. The summed E-state index contributed by atoms with van der Waals surface area (Å²) < 4.78 is 48.2. The maximum absolute atomic E-state index is 13.6. The Morgan fingerprint density at radius 3 is 2.56 bits per heavy atom. The van der Waals surface area contributed by atoms with Crippen molar-refractivity contribution in [2.24, 2.45) is 7.05 Å². The fraction of sp³-hybridized carbons (Fsp3) is 0.211. The second-order valence-corrected chi connectivity index (χ2v) is 6.19. The van der Waals surface area contributed by atoms with E-state index in [0.717, 1.165) is 6.08 Å². The van der Waals surface area contributed by atoms with E-state index in [-0.39, 0.29) is 28.3 Å². The molecule has 0 saturated carbocycles. The quantitative estimate of drug-likeness (QED) is 0.599. The molecule has 1 aliphatic heterocycles. The zero-order valence-corrected chi connectivity index (χ0v) is 14.9. The number of ether oxygens (including phenoxy) is 1. The van der Waals surface area contributed by atoms with Gasteiger partial charge in [0, 0.05) is 37.5 Å². The van der Waals surface area contributed by atoms with Gasteiger partial charge < -0.3 is 9.64 Å². The molecule has 0 aliphatic carbocycles. The number of nitrogens with zero attached hydrogens (tertiary/aromatic N) is 4. The number of alkyl halides is 3. The molecule has 138 valence electrons. The fourth-order valence-corrected chi connectivity index (χ4v) is 2.62. The van der Waals surface area contributed by atoms with Crippen LogP contribution in [0.1, 0.15) is 11.3 Å². The summed E-state index contributed by atoms with van der Waals surface area (Å²) in [5, 5.41) is 9.53. The van der Waals surface area contributed by atoms with Crippen LogP contribution in [0.25, 0.3) is 11.1 Å². The average molecular weight is 373 g/mol. The Hall–Kier alpha value is -3.34. The van der Waals surface area contributed by atoms with E-state index in [9.17, 15) is 18.4 Å². The number of halogens is 3. The molecule has 3 rings (SSSR count). The number of hydrogen-bond donors (Lipinski definition) is 0. The minimum Gasteiger partial charge on any atom is -0.455 e. The largest absolute Gasteiger partial charge is 0.455 e. The van der Waals surface area contributed by atoms with Crippen LogP contribution in [0.15, 0.2) is 48.6 Å². The molecule has 0 N–H and O–H groups in total. The van der Waals surface area contributed by atoms with E-state index in [0.29, 0.717) is 5.69 Å². The van der Waals surface area contributed by atoms with Crippen LogP contribution in [0.5, 0.6) is 5.75 Å². The van der Waals surface area contributed by atoms with Crippen molar-refractivity contribution >= 4 is 16.8 Å². The summed E-state index contributed by atoms with van der Waals surface area (Å²) in [5.41, 5.74) is -0.0893. The van der Waals surface area contributed by atoms with E-state index in [4.69, 9.17) is 4.74 Å². The Balaban J connectivity index is 2.22. The third-order valence-corrected chi connectivity index (χ3v) is 4.03. The fourth-order valence-electron chi connectivity index (χ4n) is 2.62. The Morgan fingerprint density at radius 2 is 2.00 bits per heavy atom. The van der Waals surface area contributed by atoms with Gasteiger partial charge in [0.1, 0.15) is 23.2 Å². The van der Waals surface area contributed by atoms with Crippen molar-refractivity contribution in [3.05, 3.63) is 59.9 Å². The molecule has 27 heavy (non-hydrogen) atoms. The lowest BCUT2D eigenvalue weighted by molar-refractivity contribution is -0.674. The standard InChI is InChI=1S/C19H16F3N4O/c1-25(2)12-4-5-13-15(19(20,21)22)9-18(27-17(13)8-12)14(10-23)16-6-7-26(3)11-24-16/h4-9,11H,1-3H3/q+1. The van der Waals surface area contributed by atoms with Gasteiger partial charge in [0.05, 0.1) is 18.8 Å². The number of benzene rings is 1. The van der Waals surface area contributed by atoms with Crippen LogP contribution < -0.4 is 14.2 Å². The monoisotopic (exact) mass is 373 g/mol. The second kappa shape index (κ2) is 6.76. The summed E-state index contributed by atoms with van der Waals surface area (Å²) in [6.07, 6.45) is -0.635. The van der Waals surface area contributed by atoms with Gasteiger partial charge in [0.25, 0.3) is 6.33 Å². The van der Waals surface area contributed by atoms with Gasteiger partial charge in [-0.25, -0.2) is 4.57 Å². The maximum atomic E-state index is 13.6. The first-order chi connectivity index (χ1) is 12.7. The third kappa shape index (κ3) is 3.62. The summed E-state index contributed by atoms with van der Waals surface area (Å²) in [7, 11) is 5.29. The van der Waals surface area contributed by atoms with Gasteiger partial charge in [-0.15, -0.1) is 0 Å². The van der Waals surface area contributed by atoms with E-state index in [2.05, 4.69) is 4.98 Å². The van der Waals surface area contributed by atoms with Crippen LogP contribution in [0.2, 0.25) is 0 Å². The Kier molecular flexibility index (Phi) is 4.62. The van der Waals surface area contributed by atoms with Gasteiger partial charge >= 0.3 is 6.18 Å². The predicted octanol–water partition coefficient (Wildman–Crippen LogP) is 3.25. The number of aryl methyl sites for hydroxylation is 1. The van der Waals surface area contributed by atoms with Crippen molar-refractivity contribution in [1.82, 2.24) is 4.98 Å². The van der Waals surface area contributed by atoms with Crippen LogP contribution in [-0.2, 0) is 7.05 Å². The molecule has 0 amide bonds. The first-order valence-electron chi connectivity index (χ1n) is 7.95. The molecule has 0 radical (unpaired) electrons. The minimum absolute atomic E-state index is 0.0419. The lowest BCUT2D eigenvalue weighted by atomic mass is 9.98. The first kappa shape index (κ1) is 18.5. The summed E-state index contributed by atoms with van der Waals surface area (Å²) >= 11 is 0. The molecule has 2 aromatic rings. The molecule has 0 spiro atoms. The molecule has 8 heteroatoms. The molecule has 0 fully saturated rings. The SMILES string of the molecule is CN(C)c1ccc2c(c1)O/C(=C(/C#N)c1cc[n+](C)cn1)C=C2C(F)(F)F. The van der Waals surface area contributed by atoms with Crippen LogP contribution in [0.3, 0.4) is 0 Å². The molecule has 1 aliphatic rings. The molecule has 1 aromatic heterocycles. The Bertz CT molecular complexity index is 983. The first-order valence-corrected chi connectivity index (χ1v) is 7.95. The van der Waals surface area contributed by atoms with Gasteiger partial charge in [-0.1, -0.05) is 0 Å². The molecular formula is C19H16F3N4O+. The van der Waals surface area contributed by atoms with Crippen molar-refractivity contribution in [1.29, 1.82) is 5.26 Å². The number of rotatable bonds is 2. The number of hydrogen-bond acceptors (Lipinski definition) is 4. The summed E-state index contributed by atoms with van der Waals surface area (Å²) in [4.78, 5) is 5.85. The lowest BCUT2D eigenvalue weighted by Crippen LogP contribution is -2.27. The molecule has 2 heterocycles. The zero-order chi connectivity index (χ0) is 19.8. The van der Waals surface area contributed by atoms with Crippen LogP contribution >= 0.6 is 0 Å². The highest BCUT2D eigenvalue weighted by atomic mass is 19.4. The molecule has 0 unspecified atom stereocenters. The number of allylic oxidation sites excluding steroid dienone is 3. The van der Waals surface area contributed by atoms with Crippen molar-refractivity contribution in [3.63, 3.8) is 0 Å². The Labute approximate surface area is 154 Å². The zero-order valence-electron chi connectivity index (χ0n) is 14.9. The van der Waals surface area contributed by atoms with Gasteiger partial charge in [-0.2, -0.15) is 18.4 Å². The number of anilines is 1. The highest BCUT2D eigenvalue weighted by Gasteiger charge is 2.39. The topological polar surface area (TPSA) is 53.0 Å². The van der Waals surface area contributed by atoms with Gasteiger partial charge in [0.2, 0.25) is 0 Å². The second-order valence-electron chi connectivity index (χ2n) is 6.19. The van der Waals surface area contributed by atoms with E-state index < -0.39 is 11.7 Å². The van der Waals surface area contributed by atoms with E-state index >= 15 is 0 Å². The van der Waals surface area contributed by atoms with Crippen molar-refractivity contribution in [2.45, 2.75) is 6.18 Å². The van der Waals surface area contributed by atoms with Crippen molar-refractivity contribution < 1.29 is 22.5 Å². The smallest absolute Gasteiger partial charge is 0.417 e. The average Bonchev–Trinajstić information content (AvgIpc) is 2.62. The van der Waals surface area contributed by atoms with Crippen molar-refractivity contribution in [3.8, 4) is 11.8 Å². The molecule has 0 bridgehead atoms. The minimum atomic E-state index is -4.60. The molecule has 5 nitrogen and oxygen atoms in total. The molecular weight excluding hydrogens is 357 g/mol. The van der Waals surface area contributed by atoms with E-state index in [1.54, 1.807) is 48.9 Å². The van der Waals surface area contributed by atoms with Crippen LogP contribution in [0, 0.1) is 11.3 Å². The summed E-state index contributed by atoms with van der Waals surface area (Å²) in [6.45, 7) is 0. The number of fused-ring (bicyclic) bond motifs is 1. The van der Waals surface area contributed by atoms with Crippen LogP contribution in [-0.4, -0.2) is 25.3 Å². The van der Waals surface area contributed by atoms with Gasteiger partial charge in [-0.05, 0) is 23.2 Å². The Morgan fingerprint density at radius 1 is 1.26 bits per heavy atom. The van der Waals surface area contributed by atoms with E-state index in [1.165, 1.54) is 18.5 Å². The van der Waals surface area contributed by atoms with Crippen LogP contribution in [0.4, 0.5) is 18.9 Å². The molecule has 0 atom stereocenters. The third-order valence-electron chi connectivity index (χ3n) is 4.03. The predicted molar refractivity (Wildman–Crippen MR) is 93.4 cm³/mol. The van der Waals surface area contributed by atoms with Crippen molar-refractivity contribution in [2.75, 3.05) is 19.0 Å². The highest BCUT2D eigenvalue weighted by molar-refractivity contribution is 5.86. The summed E-state index contributed by atoms with van der Waals surface area (Å²) in [5.74, 6) is -0.144. The van der Waals surface area contributed by atoms with E-state index in [1.807, 2.05) is 6.07 Å². The lowest BCUT2D eigenvalue weighted by Gasteiger charge is -2.24. The normalized spacial score (nSPS) is 15.2. The summed E-state index contributed by atoms with van der Waals surface area (Å²) in [6, 6.07) is 7.92.